The SMILES string of the molecule is NC1(C(=O)NCc2ccc(-c3ccncc3)cc2)CCOCC1. The van der Waals surface area contributed by atoms with Crippen LogP contribution in [-0.4, -0.2) is 29.6 Å². The molecule has 1 aromatic heterocycles. The molecule has 120 valence electrons. The van der Waals surface area contributed by atoms with Gasteiger partial charge in [-0.3, -0.25) is 9.78 Å². The lowest BCUT2D eigenvalue weighted by molar-refractivity contribution is -0.129. The van der Waals surface area contributed by atoms with E-state index < -0.39 is 5.54 Å². The van der Waals surface area contributed by atoms with Crippen LogP contribution in [0.15, 0.2) is 48.8 Å². The second-order valence-electron chi connectivity index (χ2n) is 5.88. The quantitative estimate of drug-likeness (QED) is 0.903. The lowest BCUT2D eigenvalue weighted by atomic mass is 9.90. The molecule has 0 spiro atoms. The van der Waals surface area contributed by atoms with E-state index in [1.807, 2.05) is 36.4 Å². The van der Waals surface area contributed by atoms with E-state index in [1.54, 1.807) is 12.4 Å². The summed E-state index contributed by atoms with van der Waals surface area (Å²) >= 11 is 0. The fourth-order valence-electron chi connectivity index (χ4n) is 2.68. The first-order valence-corrected chi connectivity index (χ1v) is 7.82. The Hall–Kier alpha value is -2.24. The first-order chi connectivity index (χ1) is 11.2. The monoisotopic (exact) mass is 311 g/mol. The number of benzene rings is 1. The van der Waals surface area contributed by atoms with E-state index in [9.17, 15) is 4.79 Å². The Kier molecular flexibility index (Phi) is 4.69. The van der Waals surface area contributed by atoms with E-state index in [2.05, 4.69) is 10.3 Å². The summed E-state index contributed by atoms with van der Waals surface area (Å²) in [5.41, 5.74) is 8.67. The predicted octanol–water partition coefficient (Wildman–Crippen LogP) is 1.87. The fraction of sp³-hybridized carbons (Fsp3) is 0.333. The Labute approximate surface area is 135 Å². The minimum Gasteiger partial charge on any atom is -0.381 e. The first-order valence-electron chi connectivity index (χ1n) is 7.82. The minimum absolute atomic E-state index is 0.0981. The molecule has 2 aromatic rings. The number of amides is 1. The molecule has 1 fully saturated rings. The van der Waals surface area contributed by atoms with E-state index in [0.29, 0.717) is 32.6 Å². The summed E-state index contributed by atoms with van der Waals surface area (Å²) in [5, 5.41) is 2.94. The number of nitrogens with two attached hydrogens (primary N) is 1. The van der Waals surface area contributed by atoms with Crippen LogP contribution in [0.2, 0.25) is 0 Å². The highest BCUT2D eigenvalue weighted by Crippen LogP contribution is 2.20. The number of hydrogen-bond acceptors (Lipinski definition) is 4. The molecule has 3 N–H and O–H groups in total. The fourth-order valence-corrected chi connectivity index (χ4v) is 2.68. The molecule has 5 heteroatoms. The first kappa shape index (κ1) is 15.6. The molecule has 0 aliphatic carbocycles. The van der Waals surface area contributed by atoms with Crippen LogP contribution in [0.5, 0.6) is 0 Å². The second-order valence-corrected chi connectivity index (χ2v) is 5.88. The number of aromatic nitrogens is 1. The average Bonchev–Trinajstić information content (AvgIpc) is 2.61. The summed E-state index contributed by atoms with van der Waals surface area (Å²) in [6, 6.07) is 12.1. The van der Waals surface area contributed by atoms with Crippen LogP contribution >= 0.6 is 0 Å². The summed E-state index contributed by atoms with van der Waals surface area (Å²) in [5.74, 6) is -0.0981. The van der Waals surface area contributed by atoms with Gasteiger partial charge < -0.3 is 15.8 Å². The third kappa shape index (κ3) is 3.75. The number of carbonyl (C=O) groups excluding carboxylic acids is 1. The maximum Gasteiger partial charge on any atom is 0.240 e. The molecule has 5 nitrogen and oxygen atoms in total. The van der Waals surface area contributed by atoms with Gasteiger partial charge in [-0.05, 0) is 41.7 Å². The van der Waals surface area contributed by atoms with E-state index in [1.165, 1.54) is 0 Å². The lowest BCUT2D eigenvalue weighted by Gasteiger charge is -2.31. The average molecular weight is 311 g/mol. The van der Waals surface area contributed by atoms with Crippen LogP contribution in [0.25, 0.3) is 11.1 Å². The molecule has 3 rings (SSSR count). The van der Waals surface area contributed by atoms with E-state index in [4.69, 9.17) is 10.5 Å². The van der Waals surface area contributed by atoms with Crippen molar-refractivity contribution < 1.29 is 9.53 Å². The molecule has 1 aliphatic rings. The van der Waals surface area contributed by atoms with Crippen molar-refractivity contribution in [1.82, 2.24) is 10.3 Å². The van der Waals surface area contributed by atoms with Crippen LogP contribution in [-0.2, 0) is 16.1 Å². The van der Waals surface area contributed by atoms with Crippen molar-refractivity contribution >= 4 is 5.91 Å². The summed E-state index contributed by atoms with van der Waals surface area (Å²) in [4.78, 5) is 16.3. The molecular formula is C18H21N3O2. The molecule has 0 atom stereocenters. The predicted molar refractivity (Wildman–Crippen MR) is 88.5 cm³/mol. The molecule has 0 unspecified atom stereocenters. The molecule has 1 aromatic carbocycles. The van der Waals surface area contributed by atoms with Gasteiger partial charge in [-0.1, -0.05) is 24.3 Å². The Balaban J connectivity index is 1.59. The number of carbonyl (C=O) groups is 1. The van der Waals surface area contributed by atoms with E-state index in [0.717, 1.165) is 16.7 Å². The Morgan fingerprint density at radius 2 is 1.70 bits per heavy atom. The highest BCUT2D eigenvalue weighted by atomic mass is 16.5. The number of hydrogen-bond donors (Lipinski definition) is 2. The largest absolute Gasteiger partial charge is 0.381 e. The number of pyridine rings is 1. The van der Waals surface area contributed by atoms with Gasteiger partial charge in [0.1, 0.15) is 0 Å². The van der Waals surface area contributed by atoms with E-state index >= 15 is 0 Å². The maximum atomic E-state index is 12.3. The lowest BCUT2D eigenvalue weighted by Crippen LogP contribution is -2.56. The van der Waals surface area contributed by atoms with Crippen molar-refractivity contribution in [2.75, 3.05) is 13.2 Å². The molecule has 1 saturated heterocycles. The Morgan fingerprint density at radius 3 is 2.35 bits per heavy atom. The van der Waals surface area contributed by atoms with Gasteiger partial charge in [0.2, 0.25) is 5.91 Å². The van der Waals surface area contributed by atoms with Gasteiger partial charge in [0.15, 0.2) is 0 Å². The maximum absolute atomic E-state index is 12.3. The topological polar surface area (TPSA) is 77.2 Å². The molecule has 1 amide bonds. The van der Waals surface area contributed by atoms with Crippen molar-refractivity contribution in [2.24, 2.45) is 5.73 Å². The number of ether oxygens (including phenoxy) is 1. The zero-order valence-electron chi connectivity index (χ0n) is 13.0. The summed E-state index contributed by atoms with van der Waals surface area (Å²) in [6.07, 6.45) is 4.69. The van der Waals surface area contributed by atoms with Gasteiger partial charge in [0.05, 0.1) is 5.54 Å². The summed E-state index contributed by atoms with van der Waals surface area (Å²) < 4.78 is 5.27. The van der Waals surface area contributed by atoms with Crippen LogP contribution in [0.1, 0.15) is 18.4 Å². The van der Waals surface area contributed by atoms with Crippen molar-refractivity contribution in [3.8, 4) is 11.1 Å². The Bertz CT molecular complexity index is 650. The number of nitrogens with zero attached hydrogens (tertiary/aromatic N) is 1. The van der Waals surface area contributed by atoms with Crippen molar-refractivity contribution in [1.29, 1.82) is 0 Å². The van der Waals surface area contributed by atoms with Crippen LogP contribution in [0.4, 0.5) is 0 Å². The highest BCUT2D eigenvalue weighted by molar-refractivity contribution is 5.86. The normalized spacial score (nSPS) is 16.7. The van der Waals surface area contributed by atoms with Crippen LogP contribution < -0.4 is 11.1 Å². The zero-order valence-corrected chi connectivity index (χ0v) is 13.0. The van der Waals surface area contributed by atoms with Crippen LogP contribution in [0, 0.1) is 0 Å². The molecule has 23 heavy (non-hydrogen) atoms. The van der Waals surface area contributed by atoms with Gasteiger partial charge in [-0.25, -0.2) is 0 Å². The van der Waals surface area contributed by atoms with Gasteiger partial charge in [-0.2, -0.15) is 0 Å². The summed E-state index contributed by atoms with van der Waals surface area (Å²) in [6.45, 7) is 1.57. The molecule has 0 bridgehead atoms. The Morgan fingerprint density at radius 1 is 1.09 bits per heavy atom. The van der Waals surface area contributed by atoms with Gasteiger partial charge in [-0.15, -0.1) is 0 Å². The molecular weight excluding hydrogens is 290 g/mol. The third-order valence-electron chi connectivity index (χ3n) is 4.26. The van der Waals surface area contributed by atoms with Gasteiger partial charge in [0, 0.05) is 32.2 Å². The number of nitrogens with one attached hydrogen (secondary N) is 1. The highest BCUT2D eigenvalue weighted by Gasteiger charge is 2.35. The van der Waals surface area contributed by atoms with E-state index in [-0.39, 0.29) is 5.91 Å². The molecule has 0 radical (unpaired) electrons. The van der Waals surface area contributed by atoms with Gasteiger partial charge in [0.25, 0.3) is 0 Å². The molecule has 2 heterocycles. The van der Waals surface area contributed by atoms with Crippen molar-refractivity contribution in [2.45, 2.75) is 24.9 Å². The van der Waals surface area contributed by atoms with Gasteiger partial charge >= 0.3 is 0 Å². The summed E-state index contributed by atoms with van der Waals surface area (Å²) in [7, 11) is 0. The molecule has 0 saturated carbocycles. The standard InChI is InChI=1S/C18H21N3O2/c19-18(7-11-23-12-8-18)17(22)21-13-14-1-3-15(4-2-14)16-5-9-20-10-6-16/h1-6,9-10H,7-8,11-13,19H2,(H,21,22). The molecule has 1 aliphatic heterocycles. The van der Waals surface area contributed by atoms with Crippen molar-refractivity contribution in [3.05, 3.63) is 54.4 Å². The van der Waals surface area contributed by atoms with Crippen LogP contribution in [0.3, 0.4) is 0 Å². The minimum atomic E-state index is -0.796. The van der Waals surface area contributed by atoms with Crippen molar-refractivity contribution in [3.63, 3.8) is 0 Å². The smallest absolute Gasteiger partial charge is 0.240 e. The zero-order chi connectivity index (χ0) is 16.1. The number of rotatable bonds is 4. The second kappa shape index (κ2) is 6.89. The third-order valence-corrected chi connectivity index (χ3v) is 4.26.